The van der Waals surface area contributed by atoms with Crippen LogP contribution < -0.4 is 4.90 Å². The number of likely N-dealkylation sites (N-methyl/N-ethyl adjacent to an activating group) is 1. The quantitative estimate of drug-likeness (QED) is 0.604. The largest absolute Gasteiger partial charge is 0.452 e. The van der Waals surface area contributed by atoms with E-state index in [4.69, 9.17) is 4.74 Å². The highest BCUT2D eigenvalue weighted by molar-refractivity contribution is 7.89. The van der Waals surface area contributed by atoms with Crippen LogP contribution >= 0.6 is 0 Å². The normalized spacial score (nSPS) is 14.4. The summed E-state index contributed by atoms with van der Waals surface area (Å²) >= 11 is 0. The fraction of sp³-hybridized carbons (Fsp3) is 0.579. The van der Waals surface area contributed by atoms with Gasteiger partial charge in [0.15, 0.2) is 6.61 Å². The molecule has 1 heterocycles. The Labute approximate surface area is 167 Å². The van der Waals surface area contributed by atoms with E-state index in [2.05, 4.69) is 0 Å². The van der Waals surface area contributed by atoms with Gasteiger partial charge in [0.2, 0.25) is 10.0 Å². The summed E-state index contributed by atoms with van der Waals surface area (Å²) in [5, 5.41) is 0. The molecule has 0 saturated carbocycles. The van der Waals surface area contributed by atoms with Gasteiger partial charge in [0, 0.05) is 40.3 Å². The molecule has 1 aliphatic heterocycles. The van der Waals surface area contributed by atoms with Gasteiger partial charge in [-0.3, -0.25) is 4.79 Å². The standard InChI is InChI=1S/C19H29N3O5S/c1-5-22(6-2)28(25,26)15-9-10-17(21-11-7-8-12-21)16(13-15)19(24)27-14-18(23)20(3)4/h9-10,13H,5-8,11-12,14H2,1-4H3. The summed E-state index contributed by atoms with van der Waals surface area (Å²) in [6.45, 7) is 5.40. The van der Waals surface area contributed by atoms with E-state index in [1.54, 1.807) is 34.0 Å². The van der Waals surface area contributed by atoms with Crippen molar-refractivity contribution in [3.63, 3.8) is 0 Å². The second-order valence-corrected chi connectivity index (χ2v) is 8.76. The maximum Gasteiger partial charge on any atom is 0.340 e. The number of carbonyl (C=O) groups is 2. The molecule has 9 heteroatoms. The van der Waals surface area contributed by atoms with Gasteiger partial charge >= 0.3 is 5.97 Å². The number of amides is 1. The van der Waals surface area contributed by atoms with Crippen LogP contribution in [0.1, 0.15) is 37.0 Å². The summed E-state index contributed by atoms with van der Waals surface area (Å²) in [5.41, 5.74) is 0.806. The number of rotatable bonds is 8. The summed E-state index contributed by atoms with van der Waals surface area (Å²) in [6.07, 6.45) is 2.01. The van der Waals surface area contributed by atoms with E-state index in [9.17, 15) is 18.0 Å². The van der Waals surface area contributed by atoms with Gasteiger partial charge in [0.1, 0.15) is 0 Å². The van der Waals surface area contributed by atoms with Crippen LogP contribution in [-0.4, -0.2) is 76.4 Å². The van der Waals surface area contributed by atoms with Crippen molar-refractivity contribution in [1.29, 1.82) is 0 Å². The summed E-state index contributed by atoms with van der Waals surface area (Å²) in [4.78, 5) is 27.9. The fourth-order valence-electron chi connectivity index (χ4n) is 3.12. The van der Waals surface area contributed by atoms with Crippen molar-refractivity contribution in [3.05, 3.63) is 23.8 Å². The van der Waals surface area contributed by atoms with E-state index in [-0.39, 0.29) is 16.4 Å². The molecule has 1 aromatic rings. The third kappa shape index (κ3) is 4.82. The fourth-order valence-corrected chi connectivity index (χ4v) is 4.60. The number of ether oxygens (including phenoxy) is 1. The molecule has 1 aliphatic rings. The number of benzene rings is 1. The van der Waals surface area contributed by atoms with Gasteiger partial charge in [0.05, 0.1) is 16.1 Å². The molecule has 0 aliphatic carbocycles. The third-order valence-corrected chi connectivity index (χ3v) is 6.85. The van der Waals surface area contributed by atoms with Gasteiger partial charge < -0.3 is 14.5 Å². The molecule has 0 unspecified atom stereocenters. The molecule has 28 heavy (non-hydrogen) atoms. The first kappa shape index (κ1) is 22.2. The average Bonchev–Trinajstić information content (AvgIpc) is 3.20. The molecule has 1 amide bonds. The van der Waals surface area contributed by atoms with Gasteiger partial charge in [-0.25, -0.2) is 13.2 Å². The highest BCUT2D eigenvalue weighted by Crippen LogP contribution is 2.29. The summed E-state index contributed by atoms with van der Waals surface area (Å²) < 4.78 is 32.2. The van der Waals surface area contributed by atoms with Crippen molar-refractivity contribution >= 4 is 27.6 Å². The number of nitrogens with zero attached hydrogens (tertiary/aromatic N) is 3. The van der Waals surface area contributed by atoms with Crippen LogP contribution in [0.3, 0.4) is 0 Å². The maximum atomic E-state index is 12.9. The molecule has 2 rings (SSSR count). The predicted octanol–water partition coefficient (Wildman–Crippen LogP) is 1.56. The topological polar surface area (TPSA) is 87.2 Å². The predicted molar refractivity (Wildman–Crippen MR) is 107 cm³/mol. The second kappa shape index (κ2) is 9.38. The molecule has 0 atom stereocenters. The molecule has 156 valence electrons. The van der Waals surface area contributed by atoms with Crippen LogP contribution in [0.2, 0.25) is 0 Å². The minimum atomic E-state index is -3.71. The number of sulfonamides is 1. The van der Waals surface area contributed by atoms with Crippen LogP contribution in [-0.2, 0) is 19.6 Å². The summed E-state index contributed by atoms with van der Waals surface area (Å²) in [7, 11) is -0.565. The van der Waals surface area contributed by atoms with Crippen molar-refractivity contribution in [2.24, 2.45) is 0 Å². The molecule has 0 bridgehead atoms. The Morgan fingerprint density at radius 3 is 2.25 bits per heavy atom. The number of hydrogen-bond donors (Lipinski definition) is 0. The molecular weight excluding hydrogens is 382 g/mol. The molecular formula is C19H29N3O5S. The summed E-state index contributed by atoms with van der Waals surface area (Å²) in [5.74, 6) is -1.04. The van der Waals surface area contributed by atoms with E-state index in [0.717, 1.165) is 25.9 Å². The number of esters is 1. The first-order valence-electron chi connectivity index (χ1n) is 9.48. The van der Waals surface area contributed by atoms with E-state index >= 15 is 0 Å². The van der Waals surface area contributed by atoms with Gasteiger partial charge in [0.25, 0.3) is 5.91 Å². The molecule has 1 fully saturated rings. The second-order valence-electron chi connectivity index (χ2n) is 6.83. The SMILES string of the molecule is CCN(CC)S(=O)(=O)c1ccc(N2CCCC2)c(C(=O)OCC(=O)N(C)C)c1. The Morgan fingerprint density at radius 2 is 1.71 bits per heavy atom. The molecule has 0 N–H and O–H groups in total. The lowest BCUT2D eigenvalue weighted by molar-refractivity contribution is -0.131. The Kier molecular flexibility index (Phi) is 7.42. The summed E-state index contributed by atoms with van der Waals surface area (Å²) in [6, 6.07) is 4.55. The zero-order chi connectivity index (χ0) is 20.9. The van der Waals surface area contributed by atoms with E-state index in [1.165, 1.54) is 21.3 Å². The number of hydrogen-bond acceptors (Lipinski definition) is 6. The van der Waals surface area contributed by atoms with E-state index in [0.29, 0.717) is 18.8 Å². The van der Waals surface area contributed by atoms with Crippen LogP contribution in [0.25, 0.3) is 0 Å². The number of anilines is 1. The lowest BCUT2D eigenvalue weighted by Gasteiger charge is -2.23. The van der Waals surface area contributed by atoms with Crippen LogP contribution in [0, 0.1) is 0 Å². The third-order valence-electron chi connectivity index (χ3n) is 4.80. The highest BCUT2D eigenvalue weighted by Gasteiger charge is 2.27. The molecule has 1 aromatic carbocycles. The Bertz CT molecular complexity index is 813. The van der Waals surface area contributed by atoms with Gasteiger partial charge in [-0.1, -0.05) is 13.8 Å². The highest BCUT2D eigenvalue weighted by atomic mass is 32.2. The molecule has 0 aromatic heterocycles. The van der Waals surface area contributed by atoms with Crippen LogP contribution in [0.4, 0.5) is 5.69 Å². The minimum absolute atomic E-state index is 0.0463. The smallest absolute Gasteiger partial charge is 0.340 e. The Morgan fingerprint density at radius 1 is 1.11 bits per heavy atom. The first-order valence-corrected chi connectivity index (χ1v) is 10.9. The van der Waals surface area contributed by atoms with Crippen LogP contribution in [0.5, 0.6) is 0 Å². The van der Waals surface area contributed by atoms with Crippen molar-refractivity contribution in [1.82, 2.24) is 9.21 Å². The molecule has 0 spiro atoms. The zero-order valence-corrected chi connectivity index (χ0v) is 17.8. The van der Waals surface area contributed by atoms with Crippen molar-refractivity contribution in [2.75, 3.05) is 51.8 Å². The molecule has 1 saturated heterocycles. The lowest BCUT2D eigenvalue weighted by atomic mass is 10.1. The monoisotopic (exact) mass is 411 g/mol. The maximum absolute atomic E-state index is 12.9. The number of carbonyl (C=O) groups excluding carboxylic acids is 2. The first-order chi connectivity index (χ1) is 13.2. The molecule has 8 nitrogen and oxygen atoms in total. The zero-order valence-electron chi connectivity index (χ0n) is 17.0. The minimum Gasteiger partial charge on any atom is -0.452 e. The van der Waals surface area contributed by atoms with E-state index in [1.807, 2.05) is 4.90 Å². The van der Waals surface area contributed by atoms with Gasteiger partial charge in [-0.15, -0.1) is 0 Å². The Balaban J connectivity index is 2.41. The Hall–Kier alpha value is -2.13. The van der Waals surface area contributed by atoms with Gasteiger partial charge in [-0.05, 0) is 31.0 Å². The van der Waals surface area contributed by atoms with E-state index < -0.39 is 22.6 Å². The molecule has 0 radical (unpaired) electrons. The average molecular weight is 412 g/mol. The van der Waals surface area contributed by atoms with Crippen molar-refractivity contribution < 1.29 is 22.7 Å². The lowest BCUT2D eigenvalue weighted by Crippen LogP contribution is -2.31. The van der Waals surface area contributed by atoms with Crippen LogP contribution in [0.15, 0.2) is 23.1 Å². The van der Waals surface area contributed by atoms with Crippen molar-refractivity contribution in [3.8, 4) is 0 Å². The van der Waals surface area contributed by atoms with Gasteiger partial charge in [-0.2, -0.15) is 4.31 Å². The van der Waals surface area contributed by atoms with Crippen molar-refractivity contribution in [2.45, 2.75) is 31.6 Å².